The van der Waals surface area contributed by atoms with Crippen molar-refractivity contribution < 1.29 is 23.9 Å². The van der Waals surface area contributed by atoms with E-state index in [2.05, 4.69) is 30.4 Å². The number of hydrogen-bond acceptors (Lipinski definition) is 12. The molecule has 1 unspecified atom stereocenters. The Hall–Kier alpha value is -6.39. The van der Waals surface area contributed by atoms with Gasteiger partial charge in [-0.15, -0.1) is 0 Å². The monoisotopic (exact) mass is 867 g/mol. The van der Waals surface area contributed by atoms with E-state index in [4.69, 9.17) is 15.6 Å². The van der Waals surface area contributed by atoms with Gasteiger partial charge in [0.05, 0.1) is 11.4 Å². The topological polar surface area (TPSA) is 184 Å². The molecule has 6 heterocycles. The van der Waals surface area contributed by atoms with Crippen molar-refractivity contribution in [1.29, 1.82) is 0 Å². The van der Waals surface area contributed by atoms with Crippen LogP contribution in [-0.2, 0) is 20.9 Å². The van der Waals surface area contributed by atoms with Crippen molar-refractivity contribution in [2.45, 2.75) is 76.4 Å². The van der Waals surface area contributed by atoms with Gasteiger partial charge in [-0.05, 0) is 100 Å². The quantitative estimate of drug-likeness (QED) is 0.0841. The number of nitrogen functional groups attached to an aromatic ring is 1. The smallest absolute Gasteiger partial charge is 0.255 e. The van der Waals surface area contributed by atoms with E-state index in [9.17, 15) is 19.2 Å². The number of nitrogens with zero attached hydrogens (tertiary/aromatic N) is 8. The third kappa shape index (κ3) is 9.57. The summed E-state index contributed by atoms with van der Waals surface area (Å²) in [6.07, 6.45) is 8.46. The van der Waals surface area contributed by atoms with Crippen LogP contribution in [0.1, 0.15) is 79.8 Å². The van der Waals surface area contributed by atoms with Crippen LogP contribution in [0.5, 0.6) is 11.5 Å². The minimum Gasteiger partial charge on any atom is -0.457 e. The van der Waals surface area contributed by atoms with Crippen LogP contribution < -0.4 is 21.1 Å². The maximum absolute atomic E-state index is 13.6. The zero-order chi connectivity index (χ0) is 44.0. The number of unbranched alkanes of at least 4 members (excludes halogenated alkanes) is 2. The molecule has 2 atom stereocenters. The normalized spacial score (nSPS) is 19.5. The fourth-order valence-electron chi connectivity index (χ4n) is 9.60. The molecule has 2 aromatic heterocycles. The maximum atomic E-state index is 13.6. The molecule has 0 spiro atoms. The summed E-state index contributed by atoms with van der Waals surface area (Å²) < 4.78 is 7.96. The molecule has 3 fully saturated rings. The van der Waals surface area contributed by atoms with Crippen molar-refractivity contribution in [3.63, 3.8) is 0 Å². The number of amides is 4. The van der Waals surface area contributed by atoms with Crippen molar-refractivity contribution in [1.82, 2.24) is 44.7 Å². The molecule has 0 saturated carbocycles. The fraction of sp³-hybridized carbons (Fsp3) is 0.438. The van der Waals surface area contributed by atoms with E-state index < -0.39 is 11.9 Å². The number of nitrogens with two attached hydrogens (primary N) is 1. The molecule has 0 radical (unpaired) electrons. The third-order valence-corrected chi connectivity index (χ3v) is 13.1. The molecule has 3 aromatic carbocycles. The molecule has 0 bridgehead atoms. The number of aromatic nitrogens is 4. The van der Waals surface area contributed by atoms with Crippen LogP contribution in [0.25, 0.3) is 22.3 Å². The van der Waals surface area contributed by atoms with Gasteiger partial charge in [-0.3, -0.25) is 24.5 Å². The van der Waals surface area contributed by atoms with Gasteiger partial charge >= 0.3 is 0 Å². The lowest BCUT2D eigenvalue weighted by atomic mass is 10.0. The van der Waals surface area contributed by atoms with Crippen LogP contribution >= 0.6 is 0 Å². The Labute approximate surface area is 373 Å². The van der Waals surface area contributed by atoms with Gasteiger partial charge in [-0.1, -0.05) is 30.7 Å². The van der Waals surface area contributed by atoms with Gasteiger partial charge in [0.25, 0.3) is 5.91 Å². The number of benzene rings is 3. The average molecular weight is 868 g/mol. The summed E-state index contributed by atoms with van der Waals surface area (Å²) in [5.41, 5.74) is 11.2. The number of nitrogens with one attached hydrogen (secondary N) is 2. The van der Waals surface area contributed by atoms with Gasteiger partial charge in [-0.25, -0.2) is 14.6 Å². The first-order valence-electron chi connectivity index (χ1n) is 22.8. The SMILES string of the molecule is Nc1ncnc2c1c(-c1ccc(Oc3ccccc3)cc1)nn2[C@@H]1CCCN(C(=O)CCCN2CCN(CCCCCNc3cccc4c3CN(C3CCC(=O)NC3=O)C4=O)CC2)C1. The Morgan fingerprint density at radius 2 is 1.59 bits per heavy atom. The largest absolute Gasteiger partial charge is 0.457 e. The lowest BCUT2D eigenvalue weighted by Gasteiger charge is -2.35. The van der Waals surface area contributed by atoms with Crippen LogP contribution in [0.3, 0.4) is 0 Å². The van der Waals surface area contributed by atoms with Crippen molar-refractivity contribution in [2.24, 2.45) is 0 Å². The zero-order valence-corrected chi connectivity index (χ0v) is 36.3. The van der Waals surface area contributed by atoms with Crippen molar-refractivity contribution in [2.75, 3.05) is 70.0 Å². The number of ether oxygens (including phenoxy) is 1. The maximum Gasteiger partial charge on any atom is 0.255 e. The van der Waals surface area contributed by atoms with Crippen LogP contribution in [0.2, 0.25) is 0 Å². The van der Waals surface area contributed by atoms with Gasteiger partial charge < -0.3 is 35.4 Å². The number of carbonyl (C=O) groups excluding carboxylic acids is 4. The molecule has 334 valence electrons. The number of piperazine rings is 1. The van der Waals surface area contributed by atoms with Crippen LogP contribution in [0, 0.1) is 0 Å². The minimum atomic E-state index is -0.613. The molecule has 4 amide bonds. The van der Waals surface area contributed by atoms with Gasteiger partial charge in [-0.2, -0.15) is 5.10 Å². The first kappa shape index (κ1) is 42.9. The number of fused-ring (bicyclic) bond motifs is 2. The van der Waals surface area contributed by atoms with Crippen LogP contribution in [0.4, 0.5) is 11.5 Å². The Morgan fingerprint density at radius 1 is 0.828 bits per heavy atom. The molecule has 4 N–H and O–H groups in total. The Morgan fingerprint density at radius 3 is 2.38 bits per heavy atom. The van der Waals surface area contributed by atoms with Crippen molar-refractivity contribution in [3.8, 4) is 22.8 Å². The first-order valence-corrected chi connectivity index (χ1v) is 22.8. The summed E-state index contributed by atoms with van der Waals surface area (Å²) in [4.78, 5) is 68.4. The number of anilines is 2. The standard InChI is InChI=1S/C48H57N11O5/c49-45-43-44(33-16-18-36(19-17-33)64-35-11-3-1-4-12-35)54-59(46(43)52-32-51-45)34-10-8-25-57(30-34)42(61)15-9-24-56-28-26-55(27-29-56)23-6-2-5-22-50-39-14-7-13-37-38(39)31-58(48(37)63)40-20-21-41(60)53-47(40)62/h1,3-4,7,11-14,16-19,32,34,40,50H,2,5-6,8-10,15,20-31H2,(H2,49,51,52)(H,53,60,62)/t34-,40?/m1/s1. The average Bonchev–Trinajstić information content (AvgIpc) is 3.88. The second-order valence-corrected chi connectivity index (χ2v) is 17.3. The van der Waals surface area contributed by atoms with Gasteiger partial charge in [0, 0.05) is 87.6 Å². The minimum absolute atomic E-state index is 0.0234. The summed E-state index contributed by atoms with van der Waals surface area (Å²) in [6.45, 7) is 8.58. The lowest BCUT2D eigenvalue weighted by molar-refractivity contribution is -0.137. The molecule has 5 aromatic rings. The van der Waals surface area contributed by atoms with E-state index in [0.29, 0.717) is 54.0 Å². The number of piperidine rings is 2. The number of para-hydroxylation sites is 1. The van der Waals surface area contributed by atoms with Gasteiger partial charge in [0.15, 0.2) is 5.65 Å². The highest BCUT2D eigenvalue weighted by Gasteiger charge is 2.40. The lowest BCUT2D eigenvalue weighted by Crippen LogP contribution is -2.52. The zero-order valence-electron chi connectivity index (χ0n) is 36.3. The summed E-state index contributed by atoms with van der Waals surface area (Å²) in [5, 5.41) is 11.7. The fourth-order valence-corrected chi connectivity index (χ4v) is 9.60. The van der Waals surface area contributed by atoms with Crippen LogP contribution in [0.15, 0.2) is 79.1 Å². The Balaban J connectivity index is 0.685. The second kappa shape index (κ2) is 19.6. The molecule has 3 saturated heterocycles. The van der Waals surface area contributed by atoms with E-state index in [1.165, 1.54) is 6.33 Å². The highest BCUT2D eigenvalue weighted by molar-refractivity contribution is 6.06. The summed E-state index contributed by atoms with van der Waals surface area (Å²) in [5.74, 6) is 1.23. The van der Waals surface area contributed by atoms with E-state index in [0.717, 1.165) is 119 Å². The highest BCUT2D eigenvalue weighted by atomic mass is 16.5. The molecular formula is C48H57N11O5. The molecule has 4 aliphatic rings. The molecule has 0 aliphatic carbocycles. The molecule has 64 heavy (non-hydrogen) atoms. The van der Waals surface area contributed by atoms with Crippen LogP contribution in [-0.4, -0.2) is 128 Å². The molecule has 4 aliphatic heterocycles. The van der Waals surface area contributed by atoms with E-state index in [-0.39, 0.29) is 30.2 Å². The second-order valence-electron chi connectivity index (χ2n) is 17.3. The number of hydrogen-bond donors (Lipinski definition) is 3. The molecule has 9 rings (SSSR count). The number of carbonyl (C=O) groups is 4. The third-order valence-electron chi connectivity index (χ3n) is 13.1. The van der Waals surface area contributed by atoms with Gasteiger partial charge in [0.2, 0.25) is 17.7 Å². The summed E-state index contributed by atoms with van der Waals surface area (Å²) in [7, 11) is 0. The number of likely N-dealkylation sites (tertiary alicyclic amines) is 1. The molecular weight excluding hydrogens is 811 g/mol. The van der Waals surface area contributed by atoms with E-state index in [1.807, 2.05) is 82.4 Å². The number of imide groups is 1. The highest BCUT2D eigenvalue weighted by Crippen LogP contribution is 2.36. The predicted molar refractivity (Wildman–Crippen MR) is 243 cm³/mol. The molecule has 16 nitrogen and oxygen atoms in total. The summed E-state index contributed by atoms with van der Waals surface area (Å²) >= 11 is 0. The van der Waals surface area contributed by atoms with Crippen molar-refractivity contribution >= 4 is 46.2 Å². The van der Waals surface area contributed by atoms with Crippen molar-refractivity contribution in [3.05, 3.63) is 90.3 Å². The molecule has 16 heteroatoms. The Kier molecular flexibility index (Phi) is 13.1. The Bertz CT molecular complexity index is 2470. The van der Waals surface area contributed by atoms with Gasteiger partial charge in [0.1, 0.15) is 35.4 Å². The van der Waals surface area contributed by atoms with E-state index >= 15 is 0 Å². The first-order chi connectivity index (χ1) is 31.3. The summed E-state index contributed by atoms with van der Waals surface area (Å²) in [6, 6.07) is 22.5. The number of rotatable bonds is 16. The predicted octanol–water partition coefficient (Wildman–Crippen LogP) is 5.47. The van der Waals surface area contributed by atoms with E-state index in [1.54, 1.807) is 4.90 Å².